The molecular weight excluding hydrogens is 234 g/mol. The summed E-state index contributed by atoms with van der Waals surface area (Å²) < 4.78 is 5.75. The third kappa shape index (κ3) is 2.89. The molecule has 0 aliphatic rings. The van der Waals surface area contributed by atoms with Crippen LogP contribution >= 0.6 is 0 Å². The first kappa shape index (κ1) is 13.9. The average molecular weight is 257 g/mol. The average Bonchev–Trinajstić information content (AvgIpc) is 2.44. The van der Waals surface area contributed by atoms with Crippen molar-refractivity contribution in [2.45, 2.75) is 46.5 Å². The van der Waals surface area contributed by atoms with Gasteiger partial charge in [-0.05, 0) is 37.8 Å². The number of fused-ring (bicyclic) bond motifs is 1. The number of pyridine rings is 1. The van der Waals surface area contributed by atoms with Crippen LogP contribution in [0.3, 0.4) is 0 Å². The molecule has 0 bridgehead atoms. The van der Waals surface area contributed by atoms with Crippen LogP contribution in [0.1, 0.15) is 44.7 Å². The number of hydrogen-bond acceptors (Lipinski definition) is 2. The summed E-state index contributed by atoms with van der Waals surface area (Å²) in [5.74, 6) is 0.829. The quantitative estimate of drug-likeness (QED) is 0.758. The van der Waals surface area contributed by atoms with Gasteiger partial charge in [0.1, 0.15) is 0 Å². The van der Waals surface area contributed by atoms with Crippen molar-refractivity contribution >= 4 is 10.9 Å². The molecule has 1 heterocycles. The van der Waals surface area contributed by atoms with Crippen LogP contribution in [0, 0.1) is 0 Å². The third-order valence-corrected chi connectivity index (χ3v) is 3.49. The molecular formula is C17H23NO. The zero-order valence-electron chi connectivity index (χ0n) is 12.2. The lowest BCUT2D eigenvalue weighted by molar-refractivity contribution is 0.324. The number of nitrogens with zero attached hydrogens (tertiary/aromatic N) is 1. The lowest BCUT2D eigenvalue weighted by Gasteiger charge is -2.15. The molecule has 0 aliphatic carbocycles. The minimum absolute atomic E-state index is 0.672. The second kappa shape index (κ2) is 6.55. The van der Waals surface area contributed by atoms with Crippen LogP contribution in [0.15, 0.2) is 24.3 Å². The zero-order valence-corrected chi connectivity index (χ0v) is 12.2. The molecule has 0 unspecified atom stereocenters. The van der Waals surface area contributed by atoms with Gasteiger partial charge in [0.15, 0.2) is 0 Å². The third-order valence-electron chi connectivity index (χ3n) is 3.49. The van der Waals surface area contributed by atoms with Crippen molar-refractivity contribution in [1.29, 1.82) is 0 Å². The summed E-state index contributed by atoms with van der Waals surface area (Å²) in [6, 6.07) is 8.40. The summed E-state index contributed by atoms with van der Waals surface area (Å²) in [6.07, 6.45) is 4.52. The van der Waals surface area contributed by atoms with E-state index in [1.54, 1.807) is 0 Å². The minimum Gasteiger partial charge on any atom is -0.478 e. The summed E-state index contributed by atoms with van der Waals surface area (Å²) >= 11 is 0. The molecule has 0 aliphatic heterocycles. The number of rotatable bonds is 6. The molecule has 0 saturated heterocycles. The number of aromatic nitrogens is 1. The summed E-state index contributed by atoms with van der Waals surface area (Å²) in [5, 5.41) is 1.29. The van der Waals surface area contributed by atoms with Crippen LogP contribution in [-0.4, -0.2) is 11.6 Å². The summed E-state index contributed by atoms with van der Waals surface area (Å²) in [5.41, 5.74) is 3.77. The predicted molar refractivity (Wildman–Crippen MR) is 80.9 cm³/mol. The number of unbranched alkanes of at least 4 members (excludes halogenated alkanes) is 1. The largest absolute Gasteiger partial charge is 0.478 e. The predicted octanol–water partition coefficient (Wildman–Crippen LogP) is 4.54. The standard InChI is InChI=1S/C17H23NO/c1-4-7-10-14-13(5-2)17(19-6-3)18-16-12-9-8-11-15(14)16/h8-9,11-12H,4-7,10H2,1-3H3. The highest BCUT2D eigenvalue weighted by atomic mass is 16.5. The van der Waals surface area contributed by atoms with Gasteiger partial charge < -0.3 is 4.74 Å². The normalized spacial score (nSPS) is 10.9. The Hall–Kier alpha value is -1.57. The van der Waals surface area contributed by atoms with Crippen LogP contribution < -0.4 is 4.74 Å². The number of hydrogen-bond donors (Lipinski definition) is 0. The Balaban J connectivity index is 2.62. The monoisotopic (exact) mass is 257 g/mol. The van der Waals surface area contributed by atoms with Gasteiger partial charge in [-0.25, -0.2) is 4.98 Å². The summed E-state index contributed by atoms with van der Waals surface area (Å²) in [4.78, 5) is 4.68. The van der Waals surface area contributed by atoms with Crippen molar-refractivity contribution in [3.05, 3.63) is 35.4 Å². The number of para-hydroxylation sites is 1. The highest BCUT2D eigenvalue weighted by molar-refractivity contribution is 5.84. The van der Waals surface area contributed by atoms with E-state index >= 15 is 0 Å². The van der Waals surface area contributed by atoms with Gasteiger partial charge >= 0.3 is 0 Å². The fraction of sp³-hybridized carbons (Fsp3) is 0.471. The Kier molecular flexibility index (Phi) is 4.78. The van der Waals surface area contributed by atoms with Gasteiger partial charge in [0, 0.05) is 10.9 Å². The van der Waals surface area contributed by atoms with Crippen molar-refractivity contribution < 1.29 is 4.74 Å². The fourth-order valence-corrected chi connectivity index (χ4v) is 2.55. The molecule has 2 aromatic rings. The molecule has 0 atom stereocenters. The van der Waals surface area contributed by atoms with Crippen LogP contribution in [0.4, 0.5) is 0 Å². The van der Waals surface area contributed by atoms with Crippen LogP contribution in [0.2, 0.25) is 0 Å². The highest BCUT2D eigenvalue weighted by Crippen LogP contribution is 2.29. The molecule has 102 valence electrons. The van der Waals surface area contributed by atoms with E-state index in [1.807, 2.05) is 13.0 Å². The van der Waals surface area contributed by atoms with Gasteiger partial charge in [-0.3, -0.25) is 0 Å². The second-order valence-corrected chi connectivity index (χ2v) is 4.78. The van der Waals surface area contributed by atoms with E-state index in [1.165, 1.54) is 29.4 Å². The molecule has 0 saturated carbocycles. The molecule has 1 aromatic carbocycles. The molecule has 1 aromatic heterocycles. The molecule has 0 spiro atoms. The van der Waals surface area contributed by atoms with E-state index in [-0.39, 0.29) is 0 Å². The van der Waals surface area contributed by atoms with Gasteiger partial charge in [-0.1, -0.05) is 38.5 Å². The molecule has 0 fully saturated rings. The molecule has 0 amide bonds. The molecule has 2 rings (SSSR count). The first-order chi connectivity index (χ1) is 9.31. The van der Waals surface area contributed by atoms with E-state index in [4.69, 9.17) is 4.74 Å². The van der Waals surface area contributed by atoms with Gasteiger partial charge in [0.05, 0.1) is 12.1 Å². The smallest absolute Gasteiger partial charge is 0.217 e. The van der Waals surface area contributed by atoms with Crippen molar-refractivity contribution in [3.8, 4) is 5.88 Å². The topological polar surface area (TPSA) is 22.1 Å². The Bertz CT molecular complexity index is 548. The minimum atomic E-state index is 0.672. The Labute approximate surface area is 115 Å². The molecule has 0 radical (unpaired) electrons. The maximum absolute atomic E-state index is 5.75. The SMILES string of the molecule is CCCCc1c(CC)c(OCC)nc2ccccc12. The van der Waals surface area contributed by atoms with Crippen molar-refractivity contribution in [1.82, 2.24) is 4.98 Å². The molecule has 2 nitrogen and oxygen atoms in total. The van der Waals surface area contributed by atoms with E-state index in [9.17, 15) is 0 Å². The van der Waals surface area contributed by atoms with Crippen LogP contribution in [0.5, 0.6) is 5.88 Å². The second-order valence-electron chi connectivity index (χ2n) is 4.78. The van der Waals surface area contributed by atoms with E-state index in [0.29, 0.717) is 6.61 Å². The van der Waals surface area contributed by atoms with Crippen molar-refractivity contribution in [2.24, 2.45) is 0 Å². The summed E-state index contributed by atoms with van der Waals surface area (Å²) in [7, 11) is 0. The molecule has 0 N–H and O–H groups in total. The van der Waals surface area contributed by atoms with Crippen molar-refractivity contribution in [2.75, 3.05) is 6.61 Å². The Morgan fingerprint density at radius 3 is 2.53 bits per heavy atom. The van der Waals surface area contributed by atoms with Gasteiger partial charge in [-0.2, -0.15) is 0 Å². The van der Waals surface area contributed by atoms with Gasteiger partial charge in [0.2, 0.25) is 5.88 Å². The van der Waals surface area contributed by atoms with Crippen molar-refractivity contribution in [3.63, 3.8) is 0 Å². The van der Waals surface area contributed by atoms with Gasteiger partial charge in [0.25, 0.3) is 0 Å². The lowest BCUT2D eigenvalue weighted by Crippen LogP contribution is -2.04. The first-order valence-electron chi connectivity index (χ1n) is 7.35. The van der Waals surface area contributed by atoms with Gasteiger partial charge in [-0.15, -0.1) is 0 Å². The van der Waals surface area contributed by atoms with Crippen LogP contribution in [0.25, 0.3) is 10.9 Å². The number of benzene rings is 1. The first-order valence-corrected chi connectivity index (χ1v) is 7.35. The van der Waals surface area contributed by atoms with E-state index in [0.717, 1.165) is 24.2 Å². The Morgan fingerprint density at radius 2 is 1.84 bits per heavy atom. The van der Waals surface area contributed by atoms with Crippen LogP contribution in [-0.2, 0) is 12.8 Å². The fourth-order valence-electron chi connectivity index (χ4n) is 2.55. The van der Waals surface area contributed by atoms with E-state index < -0.39 is 0 Å². The highest BCUT2D eigenvalue weighted by Gasteiger charge is 2.13. The molecule has 19 heavy (non-hydrogen) atoms. The maximum atomic E-state index is 5.75. The molecule has 2 heteroatoms. The summed E-state index contributed by atoms with van der Waals surface area (Å²) in [6.45, 7) is 7.11. The number of aryl methyl sites for hydroxylation is 1. The Morgan fingerprint density at radius 1 is 1.05 bits per heavy atom. The van der Waals surface area contributed by atoms with E-state index in [2.05, 4.69) is 37.0 Å². The maximum Gasteiger partial charge on any atom is 0.217 e. The zero-order chi connectivity index (χ0) is 13.7. The number of ether oxygens (including phenoxy) is 1. The lowest BCUT2D eigenvalue weighted by atomic mass is 9.96.